The van der Waals surface area contributed by atoms with Crippen LogP contribution in [0, 0.1) is 0 Å². The number of nitrogen functional groups attached to an aromatic ring is 1. The quantitative estimate of drug-likeness (QED) is 0.655. The molecule has 0 atom stereocenters. The van der Waals surface area contributed by atoms with E-state index in [-0.39, 0.29) is 22.9 Å². The predicted octanol–water partition coefficient (Wildman–Crippen LogP) is 2.68. The van der Waals surface area contributed by atoms with Crippen LogP contribution in [0.5, 0.6) is 5.75 Å². The summed E-state index contributed by atoms with van der Waals surface area (Å²) in [7, 11) is 1.73. The summed E-state index contributed by atoms with van der Waals surface area (Å²) >= 11 is 0. The number of aromatic hydroxyl groups is 1. The van der Waals surface area contributed by atoms with Gasteiger partial charge in [0, 0.05) is 13.6 Å². The Labute approximate surface area is 124 Å². The second-order valence-electron chi connectivity index (χ2n) is 5.06. The van der Waals surface area contributed by atoms with Crippen LogP contribution in [0.25, 0.3) is 0 Å². The summed E-state index contributed by atoms with van der Waals surface area (Å²) in [6.07, 6.45) is 1.79. The van der Waals surface area contributed by atoms with Crippen LogP contribution in [0.3, 0.4) is 0 Å². The zero-order valence-electron chi connectivity index (χ0n) is 12.1. The number of phenolic OH excluding ortho intramolecular Hbond substituents is 1. The molecule has 0 saturated carbocycles. The Balaban J connectivity index is 1.92. The number of anilines is 1. The van der Waals surface area contributed by atoms with Crippen LogP contribution in [-0.4, -0.2) is 29.5 Å². The average Bonchev–Trinajstić information content (AvgIpc) is 2.50. The minimum atomic E-state index is -0.215. The summed E-state index contributed by atoms with van der Waals surface area (Å²) in [5, 5.41) is 9.85. The summed E-state index contributed by atoms with van der Waals surface area (Å²) in [5.41, 5.74) is 7.34. The maximum atomic E-state index is 12.3. The highest BCUT2D eigenvalue weighted by molar-refractivity contribution is 5.98. The topological polar surface area (TPSA) is 66.6 Å². The van der Waals surface area contributed by atoms with Gasteiger partial charge in [-0.05, 0) is 30.5 Å². The Kier molecular flexibility index (Phi) is 4.82. The Morgan fingerprint density at radius 1 is 1.14 bits per heavy atom. The zero-order chi connectivity index (χ0) is 15.2. The molecule has 3 N–H and O–H groups in total. The number of nitrogens with two attached hydrogens (primary N) is 1. The first kappa shape index (κ1) is 14.9. The van der Waals surface area contributed by atoms with Gasteiger partial charge in [-0.15, -0.1) is 0 Å². The number of rotatable bonds is 5. The van der Waals surface area contributed by atoms with E-state index < -0.39 is 0 Å². The highest BCUT2D eigenvalue weighted by Crippen LogP contribution is 2.25. The third-order valence-electron chi connectivity index (χ3n) is 3.45. The Bertz CT molecular complexity index is 611. The molecular weight excluding hydrogens is 264 g/mol. The SMILES string of the molecule is CN(CCCc1ccccc1)C(=O)c1cccc(N)c1O. The fourth-order valence-corrected chi connectivity index (χ4v) is 2.21. The molecule has 2 aromatic rings. The molecule has 0 unspecified atom stereocenters. The molecule has 1 amide bonds. The van der Waals surface area contributed by atoms with Gasteiger partial charge in [0.2, 0.25) is 0 Å². The van der Waals surface area contributed by atoms with Gasteiger partial charge in [-0.2, -0.15) is 0 Å². The third-order valence-corrected chi connectivity index (χ3v) is 3.45. The molecule has 0 spiro atoms. The van der Waals surface area contributed by atoms with E-state index in [9.17, 15) is 9.90 Å². The zero-order valence-corrected chi connectivity index (χ0v) is 12.1. The highest BCUT2D eigenvalue weighted by Gasteiger charge is 2.16. The van der Waals surface area contributed by atoms with Gasteiger partial charge >= 0.3 is 0 Å². The summed E-state index contributed by atoms with van der Waals surface area (Å²) in [4.78, 5) is 13.9. The number of para-hydroxylation sites is 1. The third kappa shape index (κ3) is 3.75. The van der Waals surface area contributed by atoms with E-state index >= 15 is 0 Å². The standard InChI is InChI=1S/C17H20N2O2/c1-19(12-6-9-13-7-3-2-4-8-13)17(21)14-10-5-11-15(18)16(14)20/h2-5,7-8,10-11,20H,6,9,12,18H2,1H3. The van der Waals surface area contributed by atoms with Crippen molar-refractivity contribution in [1.82, 2.24) is 4.90 Å². The molecule has 0 aliphatic rings. The largest absolute Gasteiger partial charge is 0.505 e. The van der Waals surface area contributed by atoms with Crippen molar-refractivity contribution in [3.8, 4) is 5.75 Å². The minimum absolute atomic E-state index is 0.141. The maximum Gasteiger partial charge on any atom is 0.257 e. The average molecular weight is 284 g/mol. The molecule has 21 heavy (non-hydrogen) atoms. The fourth-order valence-electron chi connectivity index (χ4n) is 2.21. The van der Waals surface area contributed by atoms with E-state index in [1.807, 2.05) is 18.2 Å². The van der Waals surface area contributed by atoms with Crippen molar-refractivity contribution >= 4 is 11.6 Å². The van der Waals surface area contributed by atoms with E-state index in [0.29, 0.717) is 6.54 Å². The summed E-state index contributed by atoms with van der Waals surface area (Å²) in [5.74, 6) is -0.356. The van der Waals surface area contributed by atoms with E-state index in [2.05, 4.69) is 12.1 Å². The van der Waals surface area contributed by atoms with E-state index in [4.69, 9.17) is 5.73 Å². The molecular formula is C17H20N2O2. The van der Waals surface area contributed by atoms with Gasteiger partial charge in [-0.25, -0.2) is 0 Å². The highest BCUT2D eigenvalue weighted by atomic mass is 16.3. The normalized spacial score (nSPS) is 10.3. The van der Waals surface area contributed by atoms with Gasteiger partial charge in [0.05, 0.1) is 11.3 Å². The van der Waals surface area contributed by atoms with E-state index in [1.54, 1.807) is 30.1 Å². The molecule has 2 aromatic carbocycles. The van der Waals surface area contributed by atoms with Gasteiger partial charge in [-0.1, -0.05) is 36.4 Å². The minimum Gasteiger partial charge on any atom is -0.505 e. The predicted molar refractivity (Wildman–Crippen MR) is 84.2 cm³/mol. The lowest BCUT2D eigenvalue weighted by Crippen LogP contribution is -2.28. The smallest absolute Gasteiger partial charge is 0.257 e. The lowest BCUT2D eigenvalue weighted by Gasteiger charge is -2.18. The molecule has 0 aliphatic carbocycles. The van der Waals surface area contributed by atoms with Crippen molar-refractivity contribution in [2.24, 2.45) is 0 Å². The van der Waals surface area contributed by atoms with Gasteiger partial charge in [0.15, 0.2) is 5.75 Å². The van der Waals surface area contributed by atoms with Gasteiger partial charge in [0.25, 0.3) is 5.91 Å². The van der Waals surface area contributed by atoms with Crippen molar-refractivity contribution in [2.45, 2.75) is 12.8 Å². The first-order chi connectivity index (χ1) is 10.1. The lowest BCUT2D eigenvalue weighted by molar-refractivity contribution is 0.0790. The Hall–Kier alpha value is -2.49. The summed E-state index contributed by atoms with van der Waals surface area (Å²) in [6.45, 7) is 0.627. The second-order valence-corrected chi connectivity index (χ2v) is 5.06. The van der Waals surface area contributed by atoms with Gasteiger partial charge in [-0.3, -0.25) is 4.79 Å². The first-order valence-electron chi connectivity index (χ1n) is 6.96. The lowest BCUT2D eigenvalue weighted by atomic mass is 10.1. The van der Waals surface area contributed by atoms with Gasteiger partial charge in [0.1, 0.15) is 0 Å². The van der Waals surface area contributed by atoms with Crippen molar-refractivity contribution < 1.29 is 9.90 Å². The number of carbonyl (C=O) groups is 1. The van der Waals surface area contributed by atoms with Crippen LogP contribution in [0.1, 0.15) is 22.3 Å². The molecule has 0 bridgehead atoms. The molecule has 4 heteroatoms. The van der Waals surface area contributed by atoms with Crippen molar-refractivity contribution in [2.75, 3.05) is 19.3 Å². The molecule has 110 valence electrons. The van der Waals surface area contributed by atoms with Crippen LogP contribution in [0.15, 0.2) is 48.5 Å². The summed E-state index contributed by atoms with van der Waals surface area (Å²) in [6, 6.07) is 15.0. The Morgan fingerprint density at radius 2 is 1.86 bits per heavy atom. The van der Waals surface area contributed by atoms with Crippen LogP contribution in [0.2, 0.25) is 0 Å². The molecule has 0 saturated heterocycles. The van der Waals surface area contributed by atoms with Crippen LogP contribution in [0.4, 0.5) is 5.69 Å². The molecule has 0 aliphatic heterocycles. The number of hydrogen-bond donors (Lipinski definition) is 2. The molecule has 0 radical (unpaired) electrons. The van der Waals surface area contributed by atoms with E-state index in [1.165, 1.54) is 5.56 Å². The molecule has 0 heterocycles. The number of aryl methyl sites for hydroxylation is 1. The van der Waals surface area contributed by atoms with Crippen LogP contribution >= 0.6 is 0 Å². The number of hydrogen-bond acceptors (Lipinski definition) is 3. The second kappa shape index (κ2) is 6.79. The molecule has 2 rings (SSSR count). The number of benzene rings is 2. The number of carbonyl (C=O) groups excluding carboxylic acids is 1. The van der Waals surface area contributed by atoms with E-state index in [0.717, 1.165) is 12.8 Å². The number of nitrogens with zero attached hydrogens (tertiary/aromatic N) is 1. The Morgan fingerprint density at radius 3 is 2.57 bits per heavy atom. The number of amides is 1. The van der Waals surface area contributed by atoms with Gasteiger partial charge < -0.3 is 15.7 Å². The fraction of sp³-hybridized carbons (Fsp3) is 0.235. The first-order valence-corrected chi connectivity index (χ1v) is 6.96. The van der Waals surface area contributed by atoms with Crippen molar-refractivity contribution in [3.05, 3.63) is 59.7 Å². The molecule has 4 nitrogen and oxygen atoms in total. The molecule has 0 fully saturated rings. The monoisotopic (exact) mass is 284 g/mol. The molecule has 0 aromatic heterocycles. The van der Waals surface area contributed by atoms with Crippen molar-refractivity contribution in [1.29, 1.82) is 0 Å². The summed E-state index contributed by atoms with van der Waals surface area (Å²) < 4.78 is 0. The van der Waals surface area contributed by atoms with Crippen LogP contribution < -0.4 is 5.73 Å². The number of phenols is 1. The van der Waals surface area contributed by atoms with Crippen LogP contribution in [-0.2, 0) is 6.42 Å². The maximum absolute atomic E-state index is 12.3. The van der Waals surface area contributed by atoms with Crippen molar-refractivity contribution in [3.63, 3.8) is 0 Å².